The number of nitrogens with zero attached hydrogens (tertiary/aromatic N) is 4. The number of piperidine rings is 2. The number of rotatable bonds is 12. The summed E-state index contributed by atoms with van der Waals surface area (Å²) in [6.07, 6.45) is -5.78. The van der Waals surface area contributed by atoms with Crippen molar-refractivity contribution < 1.29 is 41.0 Å². The van der Waals surface area contributed by atoms with E-state index < -0.39 is 35.4 Å². The van der Waals surface area contributed by atoms with E-state index in [2.05, 4.69) is 47.8 Å². The number of aromatic carboxylic acids is 1. The highest BCUT2D eigenvalue weighted by Gasteiger charge is 2.36. The molecule has 10 nitrogen and oxygen atoms in total. The van der Waals surface area contributed by atoms with Crippen LogP contribution in [0.1, 0.15) is 127 Å². The highest BCUT2D eigenvalue weighted by Crippen LogP contribution is 2.39. The minimum absolute atomic E-state index is 0.0286. The van der Waals surface area contributed by atoms with Crippen molar-refractivity contribution in [1.29, 1.82) is 0 Å². The minimum Gasteiger partial charge on any atom is -0.478 e. The molecular weight excluding hydrogens is 815 g/mol. The first-order valence-corrected chi connectivity index (χ1v) is 21.5. The number of aromatic amines is 1. The van der Waals surface area contributed by atoms with Crippen LogP contribution in [0.5, 0.6) is 0 Å². The Morgan fingerprint density at radius 1 is 0.726 bits per heavy atom. The molecule has 2 fully saturated rings. The Hall–Kier alpha value is -4.57. The molecule has 62 heavy (non-hydrogen) atoms. The lowest BCUT2D eigenvalue weighted by atomic mass is 9.96. The Labute approximate surface area is 361 Å². The molecule has 3 aromatic rings. The Kier molecular flexibility index (Phi) is 16.8. The van der Waals surface area contributed by atoms with Crippen LogP contribution < -0.4 is 20.7 Å². The first kappa shape index (κ1) is 50.1. The molecule has 0 bridgehead atoms. The molecule has 2 aliphatic rings. The number of nitrogens with one attached hydrogen (secondary N) is 2. The second-order valence-corrected chi connectivity index (χ2v) is 17.1. The number of aromatic nitrogens is 1. The van der Waals surface area contributed by atoms with Crippen LogP contribution in [0.3, 0.4) is 0 Å². The highest BCUT2D eigenvalue weighted by atomic mass is 19.4. The molecule has 0 spiro atoms. The zero-order valence-electron chi connectivity index (χ0n) is 37.7. The van der Waals surface area contributed by atoms with Crippen LogP contribution in [0.15, 0.2) is 35.1 Å². The third-order valence-electron chi connectivity index (χ3n) is 12.5. The lowest BCUT2D eigenvalue weighted by Gasteiger charge is -2.41. The van der Waals surface area contributed by atoms with E-state index >= 15 is 0 Å². The molecule has 3 N–H and O–H groups in total. The van der Waals surface area contributed by atoms with Crippen LogP contribution >= 0.6 is 0 Å². The van der Waals surface area contributed by atoms with E-state index in [9.17, 15) is 45.8 Å². The fourth-order valence-electron chi connectivity index (χ4n) is 8.82. The van der Waals surface area contributed by atoms with Crippen molar-refractivity contribution in [3.63, 3.8) is 0 Å². The van der Waals surface area contributed by atoms with Crippen molar-refractivity contribution >= 4 is 23.3 Å². The number of hydrogen-bond donors (Lipinski definition) is 3. The fourth-order valence-corrected chi connectivity index (χ4v) is 8.82. The monoisotopic (exact) mass is 878 g/mol. The van der Waals surface area contributed by atoms with Gasteiger partial charge in [-0.05, 0) is 142 Å². The molecule has 0 radical (unpaired) electrons. The Morgan fingerprint density at radius 3 is 1.48 bits per heavy atom. The number of anilines is 2. The van der Waals surface area contributed by atoms with Crippen molar-refractivity contribution in [1.82, 2.24) is 20.1 Å². The van der Waals surface area contributed by atoms with Gasteiger partial charge in [-0.15, -0.1) is 0 Å². The van der Waals surface area contributed by atoms with Gasteiger partial charge in [-0.3, -0.25) is 9.59 Å². The molecule has 0 saturated carbocycles. The van der Waals surface area contributed by atoms with Gasteiger partial charge in [0.1, 0.15) is 0 Å². The molecule has 3 heterocycles. The van der Waals surface area contributed by atoms with Crippen molar-refractivity contribution in [3.05, 3.63) is 90.9 Å². The minimum atomic E-state index is -4.59. The molecule has 2 saturated heterocycles. The van der Waals surface area contributed by atoms with Gasteiger partial charge in [-0.1, -0.05) is 0 Å². The summed E-state index contributed by atoms with van der Waals surface area (Å²) in [5, 5.41) is 12.0. The third kappa shape index (κ3) is 12.1. The van der Waals surface area contributed by atoms with Crippen LogP contribution in [0.25, 0.3) is 0 Å². The number of alkyl halides is 6. The van der Waals surface area contributed by atoms with Crippen LogP contribution in [0.4, 0.5) is 37.7 Å². The average Bonchev–Trinajstić information content (AvgIpc) is 3.18. The van der Waals surface area contributed by atoms with E-state index in [1.54, 1.807) is 33.8 Å². The Balaban J connectivity index is 0.000000287. The van der Waals surface area contributed by atoms with E-state index in [0.29, 0.717) is 64.5 Å². The van der Waals surface area contributed by atoms with Gasteiger partial charge in [0.05, 0.1) is 16.7 Å². The summed E-state index contributed by atoms with van der Waals surface area (Å²) in [7, 11) is 0. The van der Waals surface area contributed by atoms with Gasteiger partial charge < -0.3 is 35.0 Å². The predicted octanol–water partition coefficient (Wildman–Crippen LogP) is 9.36. The Morgan fingerprint density at radius 2 is 1.13 bits per heavy atom. The van der Waals surface area contributed by atoms with E-state index in [-0.39, 0.29) is 35.3 Å². The van der Waals surface area contributed by atoms with Crippen molar-refractivity contribution in [2.24, 2.45) is 0 Å². The standard InChI is InChI=1S/C27H37F3N4O2.C19H27F3N2O2/c1-7-34(21-8-10-33(11-9-21)16(2)3)24-14-20(27(28,29)30)13-22(19(24)6)25(35)31-15-23-17(4)12-18(5)32-26(23)36;1-5-24(15-6-8-23(9-7-15)12(2)3)17-11-14(19(20,21)22)10-16(13(17)4)18(25)26/h12-14,16,21H,7-11,15H2,1-6H3,(H,31,35)(H,32,36);10-12,15H,5-9H2,1-4H3,(H,25,26). The smallest absolute Gasteiger partial charge is 0.416 e. The lowest BCUT2D eigenvalue weighted by molar-refractivity contribution is -0.138. The SMILES string of the molecule is CCN(c1cc(C(F)(F)F)cc(C(=O)NCc2c(C)cc(C)[nH]c2=O)c1C)C1CCN(C(C)C)CC1.CCN(c1cc(C(F)(F)F)cc(C(=O)O)c1C)C1CCN(C(C)C)CC1. The number of hydrogen-bond acceptors (Lipinski definition) is 7. The molecule has 0 unspecified atom stereocenters. The molecule has 1 amide bonds. The summed E-state index contributed by atoms with van der Waals surface area (Å²) >= 11 is 0. The fraction of sp³-hybridized carbons (Fsp3) is 0.587. The summed E-state index contributed by atoms with van der Waals surface area (Å²) in [5.74, 6) is -1.97. The molecule has 2 aliphatic heterocycles. The molecule has 344 valence electrons. The van der Waals surface area contributed by atoms with Gasteiger partial charge in [0.25, 0.3) is 11.5 Å². The average molecular weight is 879 g/mol. The summed E-state index contributed by atoms with van der Waals surface area (Å²) in [4.78, 5) is 48.3. The number of carboxylic acids is 1. The summed E-state index contributed by atoms with van der Waals surface area (Å²) in [6, 6.07) is 6.78. The number of H-pyrrole nitrogens is 1. The number of carbonyl (C=O) groups excluding carboxylic acids is 1. The summed E-state index contributed by atoms with van der Waals surface area (Å²) in [5.41, 5.74) is 1.10. The zero-order chi connectivity index (χ0) is 46.4. The number of carboxylic acid groups (broad SMARTS) is 1. The predicted molar refractivity (Wildman–Crippen MR) is 233 cm³/mol. The number of carbonyl (C=O) groups is 2. The maximum atomic E-state index is 13.9. The summed E-state index contributed by atoms with van der Waals surface area (Å²) < 4.78 is 81.5. The second kappa shape index (κ2) is 20.7. The number of amides is 1. The molecule has 2 aromatic carbocycles. The van der Waals surface area contributed by atoms with Crippen LogP contribution in [0, 0.1) is 27.7 Å². The summed E-state index contributed by atoms with van der Waals surface area (Å²) in [6.45, 7) is 23.7. The number of pyridine rings is 1. The third-order valence-corrected chi connectivity index (χ3v) is 12.5. The van der Waals surface area contributed by atoms with E-state index in [1.165, 1.54) is 6.07 Å². The van der Waals surface area contributed by atoms with Gasteiger partial charge in [0.15, 0.2) is 0 Å². The van der Waals surface area contributed by atoms with Crippen LogP contribution in [-0.2, 0) is 18.9 Å². The van der Waals surface area contributed by atoms with Gasteiger partial charge in [0.2, 0.25) is 0 Å². The van der Waals surface area contributed by atoms with Crippen LogP contribution in [-0.4, -0.2) is 95.2 Å². The maximum absolute atomic E-state index is 13.9. The van der Waals surface area contributed by atoms with Crippen LogP contribution in [0.2, 0.25) is 0 Å². The second-order valence-electron chi connectivity index (χ2n) is 17.1. The zero-order valence-corrected chi connectivity index (χ0v) is 37.7. The molecular formula is C46H64F6N6O4. The topological polar surface area (TPSA) is 112 Å². The van der Waals surface area contributed by atoms with Crippen molar-refractivity contribution in [2.75, 3.05) is 49.1 Å². The largest absolute Gasteiger partial charge is 0.478 e. The van der Waals surface area contributed by atoms with E-state index in [0.717, 1.165) is 70.1 Å². The number of benzene rings is 2. The van der Waals surface area contributed by atoms with E-state index in [4.69, 9.17) is 0 Å². The first-order valence-electron chi connectivity index (χ1n) is 21.5. The Bertz CT molecular complexity index is 2080. The number of halogens is 6. The quantitative estimate of drug-likeness (QED) is 0.155. The van der Waals surface area contributed by atoms with Crippen molar-refractivity contribution in [2.45, 2.75) is 138 Å². The molecule has 5 rings (SSSR count). The lowest BCUT2D eigenvalue weighted by Crippen LogP contribution is -2.47. The van der Waals surface area contributed by atoms with Crippen molar-refractivity contribution in [3.8, 4) is 0 Å². The number of likely N-dealkylation sites (tertiary alicyclic amines) is 2. The van der Waals surface area contributed by atoms with Gasteiger partial charge in [-0.25, -0.2) is 4.79 Å². The molecule has 0 aliphatic carbocycles. The maximum Gasteiger partial charge on any atom is 0.416 e. The number of aryl methyl sites for hydroxylation is 2. The molecule has 0 atom stereocenters. The van der Waals surface area contributed by atoms with Gasteiger partial charge in [0, 0.05) is 98.2 Å². The van der Waals surface area contributed by atoms with Gasteiger partial charge in [-0.2, -0.15) is 26.3 Å². The molecule has 16 heteroatoms. The normalized spacial score (nSPS) is 16.0. The van der Waals surface area contributed by atoms with Gasteiger partial charge >= 0.3 is 18.3 Å². The highest BCUT2D eigenvalue weighted by molar-refractivity contribution is 5.97. The first-order chi connectivity index (χ1) is 28.9. The van der Waals surface area contributed by atoms with E-state index in [1.807, 2.05) is 23.6 Å². The molecule has 1 aromatic heterocycles.